The average Bonchev–Trinajstić information content (AvgIpc) is 3.00. The van der Waals surface area contributed by atoms with E-state index in [0.717, 1.165) is 27.1 Å². The molecule has 4 nitrogen and oxygen atoms in total. The molecule has 0 saturated carbocycles. The van der Waals surface area contributed by atoms with Gasteiger partial charge in [0.1, 0.15) is 6.54 Å². The molecule has 1 amide bonds. The molecular weight excluding hydrogens is 276 g/mol. The Kier molecular flexibility index (Phi) is 4.21. The van der Waals surface area contributed by atoms with Crippen LogP contribution in [0, 0.1) is 0 Å². The molecule has 3 aromatic rings. The smallest absolute Gasteiger partial charge is 0.279 e. The molecule has 112 valence electrons. The third kappa shape index (κ3) is 3.35. The Balaban J connectivity index is 1.65. The number of carbonyl (C=O) groups is 1. The van der Waals surface area contributed by atoms with Gasteiger partial charge in [0.2, 0.25) is 0 Å². The lowest BCUT2D eigenvalue weighted by Gasteiger charge is -2.13. The Morgan fingerprint density at radius 1 is 1.09 bits per heavy atom. The Labute approximate surface area is 129 Å². The van der Waals surface area contributed by atoms with Crippen LogP contribution in [0.3, 0.4) is 0 Å². The maximum absolute atomic E-state index is 12.2. The van der Waals surface area contributed by atoms with Crippen LogP contribution >= 0.6 is 0 Å². The van der Waals surface area contributed by atoms with Gasteiger partial charge in [-0.05, 0) is 23.6 Å². The molecule has 0 fully saturated rings. The van der Waals surface area contributed by atoms with E-state index in [4.69, 9.17) is 4.42 Å². The highest BCUT2D eigenvalue weighted by atomic mass is 16.3. The summed E-state index contributed by atoms with van der Waals surface area (Å²) in [6, 6.07) is 17.7. The van der Waals surface area contributed by atoms with E-state index < -0.39 is 0 Å². The van der Waals surface area contributed by atoms with Crippen molar-refractivity contribution in [2.24, 2.45) is 0 Å². The summed E-state index contributed by atoms with van der Waals surface area (Å²) in [7, 11) is 1.98. The maximum Gasteiger partial charge on any atom is 0.279 e. The highest BCUT2D eigenvalue weighted by Crippen LogP contribution is 2.22. The first-order valence-electron chi connectivity index (χ1n) is 7.33. The van der Waals surface area contributed by atoms with Crippen molar-refractivity contribution in [2.45, 2.75) is 6.54 Å². The zero-order valence-corrected chi connectivity index (χ0v) is 12.5. The molecule has 0 bridgehead atoms. The highest BCUT2D eigenvalue weighted by molar-refractivity contribution is 6.02. The third-order valence-electron chi connectivity index (χ3n) is 3.58. The van der Waals surface area contributed by atoms with Gasteiger partial charge >= 0.3 is 0 Å². The van der Waals surface area contributed by atoms with Crippen LogP contribution in [0.1, 0.15) is 5.76 Å². The van der Waals surface area contributed by atoms with Gasteiger partial charge in [-0.2, -0.15) is 0 Å². The second-order valence-electron chi connectivity index (χ2n) is 5.46. The molecule has 4 heteroatoms. The molecule has 0 spiro atoms. The summed E-state index contributed by atoms with van der Waals surface area (Å²) in [4.78, 5) is 13.3. The molecule has 1 aromatic heterocycles. The van der Waals surface area contributed by atoms with Crippen molar-refractivity contribution in [1.29, 1.82) is 0 Å². The average molecular weight is 295 g/mol. The van der Waals surface area contributed by atoms with Gasteiger partial charge < -0.3 is 14.6 Å². The lowest BCUT2D eigenvalue weighted by Crippen LogP contribution is -3.08. The van der Waals surface area contributed by atoms with Crippen molar-refractivity contribution in [3.63, 3.8) is 0 Å². The largest absolute Gasteiger partial charge is 0.463 e. The van der Waals surface area contributed by atoms with Gasteiger partial charge in [-0.3, -0.25) is 4.79 Å². The van der Waals surface area contributed by atoms with Crippen molar-refractivity contribution in [2.75, 3.05) is 18.9 Å². The monoisotopic (exact) mass is 295 g/mol. The number of nitrogens with one attached hydrogen (secondary N) is 2. The summed E-state index contributed by atoms with van der Waals surface area (Å²) in [5.74, 6) is 0.885. The number of amides is 1. The van der Waals surface area contributed by atoms with Crippen molar-refractivity contribution in [3.05, 3.63) is 66.6 Å². The highest BCUT2D eigenvalue weighted by Gasteiger charge is 2.13. The number of furan rings is 1. The van der Waals surface area contributed by atoms with Crippen LogP contribution in [0.5, 0.6) is 0 Å². The predicted octanol–water partition coefficient (Wildman–Crippen LogP) is 2.09. The summed E-state index contributed by atoms with van der Waals surface area (Å²) < 4.78 is 5.31. The molecule has 0 aliphatic rings. The minimum Gasteiger partial charge on any atom is -0.463 e. The van der Waals surface area contributed by atoms with Gasteiger partial charge in [0.25, 0.3) is 5.91 Å². The van der Waals surface area contributed by atoms with Gasteiger partial charge in [-0.1, -0.05) is 36.4 Å². The lowest BCUT2D eigenvalue weighted by molar-refractivity contribution is -0.886. The van der Waals surface area contributed by atoms with Crippen molar-refractivity contribution < 1.29 is 14.1 Å². The predicted molar refractivity (Wildman–Crippen MR) is 86.7 cm³/mol. The number of fused-ring (bicyclic) bond motifs is 1. The summed E-state index contributed by atoms with van der Waals surface area (Å²) in [6.07, 6.45) is 1.65. The fourth-order valence-corrected chi connectivity index (χ4v) is 2.58. The zero-order valence-electron chi connectivity index (χ0n) is 12.5. The van der Waals surface area contributed by atoms with E-state index in [9.17, 15) is 4.79 Å². The molecule has 0 aliphatic carbocycles. The van der Waals surface area contributed by atoms with Crippen LogP contribution in [-0.2, 0) is 11.3 Å². The van der Waals surface area contributed by atoms with Crippen molar-refractivity contribution >= 4 is 22.4 Å². The quantitative estimate of drug-likeness (QED) is 0.757. The fourth-order valence-electron chi connectivity index (χ4n) is 2.58. The van der Waals surface area contributed by atoms with E-state index in [-0.39, 0.29) is 5.91 Å². The topological polar surface area (TPSA) is 46.7 Å². The molecular formula is C18H19N2O2+. The number of benzene rings is 2. The van der Waals surface area contributed by atoms with E-state index in [1.54, 1.807) is 6.26 Å². The van der Waals surface area contributed by atoms with Crippen LogP contribution in [0.15, 0.2) is 65.3 Å². The molecule has 2 N–H and O–H groups in total. The molecule has 3 rings (SSSR count). The number of carbonyl (C=O) groups excluding carboxylic acids is 1. The minimum atomic E-state index is 0.000379. The molecule has 2 aromatic carbocycles. The first-order chi connectivity index (χ1) is 10.7. The Bertz CT molecular complexity index is 760. The number of likely N-dealkylation sites (N-methyl/N-ethyl adjacent to an activating group) is 1. The van der Waals surface area contributed by atoms with Crippen molar-refractivity contribution in [1.82, 2.24) is 0 Å². The first-order valence-corrected chi connectivity index (χ1v) is 7.33. The second kappa shape index (κ2) is 6.45. The van der Waals surface area contributed by atoms with Crippen LogP contribution in [-0.4, -0.2) is 19.5 Å². The number of hydrogen-bond acceptors (Lipinski definition) is 2. The summed E-state index contributed by atoms with van der Waals surface area (Å²) >= 11 is 0. The van der Waals surface area contributed by atoms with Crippen LogP contribution in [0.25, 0.3) is 10.8 Å². The van der Waals surface area contributed by atoms with Crippen LogP contribution in [0.2, 0.25) is 0 Å². The lowest BCUT2D eigenvalue weighted by atomic mass is 10.1. The SMILES string of the molecule is C[NH+](CC(=O)Nc1cccc2ccccc12)Cc1ccco1. The van der Waals surface area contributed by atoms with Gasteiger partial charge in [0.15, 0.2) is 12.3 Å². The third-order valence-corrected chi connectivity index (χ3v) is 3.58. The summed E-state index contributed by atoms with van der Waals surface area (Å²) in [6.45, 7) is 1.08. The van der Waals surface area contributed by atoms with E-state index >= 15 is 0 Å². The minimum absolute atomic E-state index is 0.000379. The first kappa shape index (κ1) is 14.4. The maximum atomic E-state index is 12.2. The van der Waals surface area contributed by atoms with Crippen LogP contribution in [0.4, 0.5) is 5.69 Å². The fraction of sp³-hybridized carbons (Fsp3) is 0.167. The summed E-state index contributed by atoms with van der Waals surface area (Å²) in [5.41, 5.74) is 0.855. The number of anilines is 1. The molecule has 0 saturated heterocycles. The van der Waals surface area contributed by atoms with E-state index in [1.807, 2.05) is 61.6 Å². The molecule has 0 aliphatic heterocycles. The van der Waals surface area contributed by atoms with Gasteiger partial charge in [0, 0.05) is 11.1 Å². The number of quaternary nitrogens is 1. The number of hydrogen-bond donors (Lipinski definition) is 2. The van der Waals surface area contributed by atoms with Gasteiger partial charge in [-0.15, -0.1) is 0 Å². The molecule has 0 radical (unpaired) electrons. The molecule has 22 heavy (non-hydrogen) atoms. The van der Waals surface area contributed by atoms with E-state index in [1.165, 1.54) is 0 Å². The molecule has 1 unspecified atom stereocenters. The van der Waals surface area contributed by atoms with E-state index in [2.05, 4.69) is 5.32 Å². The zero-order chi connectivity index (χ0) is 15.4. The Morgan fingerprint density at radius 3 is 2.73 bits per heavy atom. The Hall–Kier alpha value is -2.59. The second-order valence-corrected chi connectivity index (χ2v) is 5.46. The van der Waals surface area contributed by atoms with E-state index in [0.29, 0.717) is 13.1 Å². The number of rotatable bonds is 5. The Morgan fingerprint density at radius 2 is 1.91 bits per heavy atom. The molecule has 1 atom stereocenters. The van der Waals surface area contributed by atoms with Crippen LogP contribution < -0.4 is 10.2 Å². The van der Waals surface area contributed by atoms with Gasteiger partial charge in [0.05, 0.1) is 13.3 Å². The summed E-state index contributed by atoms with van der Waals surface area (Å²) in [5, 5.41) is 5.18. The standard InChI is InChI=1S/C18H18N2O2/c1-20(12-15-8-5-11-22-15)13-18(21)19-17-10-4-7-14-6-2-3-9-16(14)17/h2-11H,12-13H2,1H3,(H,19,21)/p+1. The molecule has 1 heterocycles. The normalized spacial score (nSPS) is 12.2. The van der Waals surface area contributed by atoms with Crippen molar-refractivity contribution in [3.8, 4) is 0 Å². The van der Waals surface area contributed by atoms with Gasteiger partial charge in [-0.25, -0.2) is 0 Å².